The van der Waals surface area contributed by atoms with E-state index in [9.17, 15) is 4.79 Å². The number of hydrogen-bond donors (Lipinski definition) is 1. The molecule has 0 saturated carbocycles. The largest absolute Gasteiger partial charge is 0.463 e. The molecule has 0 spiro atoms. The minimum absolute atomic E-state index is 0.0504. The van der Waals surface area contributed by atoms with Gasteiger partial charge < -0.3 is 10.1 Å². The van der Waals surface area contributed by atoms with Gasteiger partial charge in [-0.3, -0.25) is 0 Å². The lowest BCUT2D eigenvalue weighted by Crippen LogP contribution is -2.15. The summed E-state index contributed by atoms with van der Waals surface area (Å²) >= 11 is 0. The maximum absolute atomic E-state index is 11.4. The van der Waals surface area contributed by atoms with Crippen LogP contribution in [0.2, 0.25) is 0 Å². The highest BCUT2D eigenvalue weighted by Gasteiger charge is 2.15. The quantitative estimate of drug-likeness (QED) is 0.840. The second-order valence-electron chi connectivity index (χ2n) is 4.07. The number of nitrogens with one attached hydrogen (secondary N) is 1. The first-order valence-electron chi connectivity index (χ1n) is 5.94. The third-order valence-corrected chi connectivity index (χ3v) is 2.94. The molecule has 6 nitrogen and oxygen atoms in total. The lowest BCUT2D eigenvalue weighted by molar-refractivity contribution is 0.0587. The number of carbonyl (C=O) groups excluding carboxylic acids is 1. The molecular formula is C13H16N4O2. The van der Waals surface area contributed by atoms with Gasteiger partial charge in [-0.15, -0.1) is 5.10 Å². The number of methoxy groups -OCH3 is 1. The van der Waals surface area contributed by atoms with E-state index in [0.29, 0.717) is 0 Å². The summed E-state index contributed by atoms with van der Waals surface area (Å²) in [4.78, 5) is 15.3. The van der Waals surface area contributed by atoms with Gasteiger partial charge in [0.15, 0.2) is 0 Å². The highest BCUT2D eigenvalue weighted by molar-refractivity contribution is 5.84. The van der Waals surface area contributed by atoms with Crippen LogP contribution in [-0.4, -0.2) is 34.9 Å². The first kappa shape index (κ1) is 13.2. The highest BCUT2D eigenvalue weighted by atomic mass is 16.5. The van der Waals surface area contributed by atoms with Crippen LogP contribution in [0.5, 0.6) is 0 Å². The van der Waals surface area contributed by atoms with Crippen LogP contribution in [0, 0.1) is 0 Å². The predicted octanol–water partition coefficient (Wildman–Crippen LogP) is 1.33. The number of ether oxygens (including phenoxy) is 1. The van der Waals surface area contributed by atoms with Crippen molar-refractivity contribution in [2.45, 2.75) is 13.0 Å². The standard InChI is InChI=1S/C13H16N4O2/c1-9(14-2)10-6-4-5-7-11(10)17-8-15-12(16-17)13(18)19-3/h4-9,14H,1-3H3. The van der Waals surface area contributed by atoms with Gasteiger partial charge in [0, 0.05) is 6.04 Å². The van der Waals surface area contributed by atoms with Crippen molar-refractivity contribution >= 4 is 5.97 Å². The number of aromatic nitrogens is 3. The van der Waals surface area contributed by atoms with Crippen molar-refractivity contribution in [3.63, 3.8) is 0 Å². The van der Waals surface area contributed by atoms with Crippen LogP contribution in [0.15, 0.2) is 30.6 Å². The van der Waals surface area contributed by atoms with Crippen molar-refractivity contribution in [3.05, 3.63) is 42.0 Å². The fourth-order valence-electron chi connectivity index (χ4n) is 1.78. The van der Waals surface area contributed by atoms with E-state index in [0.717, 1.165) is 11.3 Å². The van der Waals surface area contributed by atoms with E-state index >= 15 is 0 Å². The van der Waals surface area contributed by atoms with Gasteiger partial charge in [0.1, 0.15) is 6.33 Å². The molecule has 2 aromatic rings. The molecule has 1 aromatic carbocycles. The second-order valence-corrected chi connectivity index (χ2v) is 4.07. The van der Waals surface area contributed by atoms with E-state index in [1.54, 1.807) is 4.68 Å². The zero-order chi connectivity index (χ0) is 13.8. The zero-order valence-corrected chi connectivity index (χ0v) is 11.1. The Hall–Kier alpha value is -2.21. The van der Waals surface area contributed by atoms with Crippen LogP contribution < -0.4 is 5.32 Å². The van der Waals surface area contributed by atoms with E-state index in [4.69, 9.17) is 0 Å². The molecule has 1 N–H and O–H groups in total. The Kier molecular flexibility index (Phi) is 3.91. The molecule has 0 aliphatic heterocycles. The summed E-state index contributed by atoms with van der Waals surface area (Å²) in [6.45, 7) is 2.05. The average Bonchev–Trinajstić information content (AvgIpc) is 2.95. The van der Waals surface area contributed by atoms with Crippen LogP contribution >= 0.6 is 0 Å². The fraction of sp³-hybridized carbons (Fsp3) is 0.308. The number of esters is 1. The number of carbonyl (C=O) groups is 1. The van der Waals surface area contributed by atoms with E-state index in [2.05, 4.69) is 27.1 Å². The number of nitrogens with zero attached hydrogens (tertiary/aromatic N) is 3. The van der Waals surface area contributed by atoms with Crippen molar-refractivity contribution in [2.75, 3.05) is 14.2 Å². The Bertz CT molecular complexity index is 580. The van der Waals surface area contributed by atoms with Gasteiger partial charge in [0.25, 0.3) is 5.82 Å². The maximum atomic E-state index is 11.4. The smallest absolute Gasteiger partial charge is 0.377 e. The van der Waals surface area contributed by atoms with Crippen LogP contribution in [0.4, 0.5) is 0 Å². The first-order chi connectivity index (χ1) is 9.17. The third kappa shape index (κ3) is 2.63. The third-order valence-electron chi connectivity index (χ3n) is 2.94. The normalized spacial score (nSPS) is 12.2. The minimum Gasteiger partial charge on any atom is -0.463 e. The molecule has 0 aliphatic rings. The van der Waals surface area contributed by atoms with Gasteiger partial charge in [-0.05, 0) is 25.6 Å². The molecule has 0 saturated heterocycles. The number of benzene rings is 1. The molecule has 0 bridgehead atoms. The zero-order valence-electron chi connectivity index (χ0n) is 11.1. The molecule has 6 heteroatoms. The second kappa shape index (κ2) is 5.62. The van der Waals surface area contributed by atoms with Crippen LogP contribution in [0.3, 0.4) is 0 Å². The Balaban J connectivity index is 2.42. The van der Waals surface area contributed by atoms with Gasteiger partial charge in [0.2, 0.25) is 0 Å². The van der Waals surface area contributed by atoms with E-state index in [-0.39, 0.29) is 11.9 Å². The molecule has 19 heavy (non-hydrogen) atoms. The molecule has 1 unspecified atom stereocenters. The van der Waals surface area contributed by atoms with Crippen LogP contribution in [-0.2, 0) is 4.74 Å². The summed E-state index contributed by atoms with van der Waals surface area (Å²) in [5, 5.41) is 7.31. The van der Waals surface area contributed by atoms with Crippen molar-refractivity contribution in [3.8, 4) is 5.69 Å². The van der Waals surface area contributed by atoms with E-state index in [1.165, 1.54) is 13.4 Å². The van der Waals surface area contributed by atoms with Gasteiger partial charge in [-0.1, -0.05) is 18.2 Å². The first-order valence-corrected chi connectivity index (χ1v) is 5.94. The molecule has 1 heterocycles. The molecular weight excluding hydrogens is 244 g/mol. The molecule has 1 atom stereocenters. The Morgan fingerprint density at radius 1 is 1.42 bits per heavy atom. The number of para-hydroxylation sites is 1. The van der Waals surface area contributed by atoms with E-state index < -0.39 is 5.97 Å². The molecule has 1 aromatic heterocycles. The molecule has 0 radical (unpaired) electrons. The predicted molar refractivity (Wildman–Crippen MR) is 70.2 cm³/mol. The molecule has 100 valence electrons. The summed E-state index contributed by atoms with van der Waals surface area (Å²) in [7, 11) is 3.20. The van der Waals surface area contributed by atoms with Crippen molar-refractivity contribution in [1.29, 1.82) is 0 Å². The number of hydrogen-bond acceptors (Lipinski definition) is 5. The summed E-state index contributed by atoms with van der Waals surface area (Å²) in [6.07, 6.45) is 1.51. The van der Waals surface area contributed by atoms with Gasteiger partial charge in [-0.2, -0.15) is 0 Å². The molecule has 0 amide bonds. The highest BCUT2D eigenvalue weighted by Crippen LogP contribution is 2.20. The Labute approximate surface area is 111 Å². The van der Waals surface area contributed by atoms with E-state index in [1.807, 2.05) is 31.3 Å². The SMILES string of the molecule is CNC(C)c1ccccc1-n1cnc(C(=O)OC)n1. The lowest BCUT2D eigenvalue weighted by Gasteiger charge is -2.15. The monoisotopic (exact) mass is 260 g/mol. The van der Waals surface area contributed by atoms with Crippen LogP contribution in [0.1, 0.15) is 29.1 Å². The van der Waals surface area contributed by atoms with Gasteiger partial charge >= 0.3 is 5.97 Å². The lowest BCUT2D eigenvalue weighted by atomic mass is 10.1. The Morgan fingerprint density at radius 3 is 2.84 bits per heavy atom. The summed E-state index contributed by atoms with van der Waals surface area (Å²) in [6, 6.07) is 7.99. The van der Waals surface area contributed by atoms with Crippen molar-refractivity contribution < 1.29 is 9.53 Å². The van der Waals surface area contributed by atoms with Crippen molar-refractivity contribution in [2.24, 2.45) is 0 Å². The minimum atomic E-state index is -0.544. The topological polar surface area (TPSA) is 69.0 Å². The average molecular weight is 260 g/mol. The van der Waals surface area contributed by atoms with Crippen molar-refractivity contribution in [1.82, 2.24) is 20.1 Å². The summed E-state index contributed by atoms with van der Waals surface area (Å²) in [5.74, 6) is -0.493. The molecule has 0 fully saturated rings. The van der Waals surface area contributed by atoms with Crippen LogP contribution in [0.25, 0.3) is 5.69 Å². The fourth-order valence-corrected chi connectivity index (χ4v) is 1.78. The van der Waals surface area contributed by atoms with Gasteiger partial charge in [-0.25, -0.2) is 14.5 Å². The number of rotatable bonds is 4. The summed E-state index contributed by atoms with van der Waals surface area (Å²) < 4.78 is 6.17. The Morgan fingerprint density at radius 2 is 2.16 bits per heavy atom. The summed E-state index contributed by atoms with van der Waals surface area (Å²) in [5.41, 5.74) is 1.96. The molecule has 0 aliphatic carbocycles. The maximum Gasteiger partial charge on any atom is 0.377 e. The molecule has 2 rings (SSSR count). The van der Waals surface area contributed by atoms with Gasteiger partial charge in [0.05, 0.1) is 12.8 Å².